The Balaban J connectivity index is 2.03. The molecule has 2 aromatic carbocycles. The lowest BCUT2D eigenvalue weighted by molar-refractivity contribution is 0.471. The van der Waals surface area contributed by atoms with Gasteiger partial charge in [-0.1, -0.05) is 43.0 Å². The molecule has 3 aromatic rings. The van der Waals surface area contributed by atoms with Crippen LogP contribution in [0.25, 0.3) is 16.5 Å². The van der Waals surface area contributed by atoms with Crippen LogP contribution in [0.2, 0.25) is 0 Å². The van der Waals surface area contributed by atoms with Gasteiger partial charge in [0.25, 0.3) is 0 Å². The summed E-state index contributed by atoms with van der Waals surface area (Å²) < 4.78 is 2.50. The number of halogens is 1. The number of nitrogens with zero attached hydrogens (tertiary/aromatic N) is 3. The maximum atomic E-state index is 10.7. The van der Waals surface area contributed by atoms with Crippen molar-refractivity contribution in [3.63, 3.8) is 0 Å². The number of hydrogen-bond donors (Lipinski definition) is 1. The van der Waals surface area contributed by atoms with Crippen LogP contribution in [0.15, 0.2) is 40.2 Å². The smallest absolute Gasteiger partial charge is 0.205 e. The van der Waals surface area contributed by atoms with Gasteiger partial charge in [-0.25, -0.2) is 0 Å². The van der Waals surface area contributed by atoms with Gasteiger partial charge >= 0.3 is 0 Å². The predicted octanol–water partition coefficient (Wildman–Crippen LogP) is 4.88. The molecular weight excluding hydrogens is 374 g/mol. The topological polar surface area (TPSA) is 50.9 Å². The molecule has 1 saturated carbocycles. The molecule has 118 valence electrons. The van der Waals surface area contributed by atoms with Crippen molar-refractivity contribution < 1.29 is 5.11 Å². The van der Waals surface area contributed by atoms with Crippen molar-refractivity contribution in [2.45, 2.75) is 30.8 Å². The number of aromatic nitrogens is 3. The molecule has 1 aliphatic carbocycles. The quantitative estimate of drug-likeness (QED) is 0.646. The second-order valence-electron chi connectivity index (χ2n) is 5.67. The van der Waals surface area contributed by atoms with Crippen molar-refractivity contribution >= 4 is 38.5 Å². The highest BCUT2D eigenvalue weighted by atomic mass is 79.9. The van der Waals surface area contributed by atoms with E-state index in [9.17, 15) is 5.11 Å². The summed E-state index contributed by atoms with van der Waals surface area (Å²) in [5, 5.41) is 22.1. The summed E-state index contributed by atoms with van der Waals surface area (Å²) in [6.45, 7) is 2.08. The highest BCUT2D eigenvalue weighted by Gasteiger charge is 2.28. The van der Waals surface area contributed by atoms with E-state index in [0.29, 0.717) is 10.7 Å². The lowest BCUT2D eigenvalue weighted by Crippen LogP contribution is -2.00. The summed E-state index contributed by atoms with van der Waals surface area (Å²) in [7, 11) is 0. The Morgan fingerprint density at radius 1 is 1.26 bits per heavy atom. The van der Waals surface area contributed by atoms with Crippen LogP contribution >= 0.6 is 27.7 Å². The van der Waals surface area contributed by atoms with Crippen molar-refractivity contribution in [2.75, 3.05) is 5.75 Å². The van der Waals surface area contributed by atoms with Gasteiger partial charge in [-0.2, -0.15) is 0 Å². The summed E-state index contributed by atoms with van der Waals surface area (Å²) in [5.74, 6) is 1.75. The van der Waals surface area contributed by atoms with Gasteiger partial charge in [0.15, 0.2) is 5.16 Å². The van der Waals surface area contributed by atoms with Crippen LogP contribution in [0.4, 0.5) is 0 Å². The Hall–Kier alpha value is -1.53. The molecule has 4 rings (SSSR count). The molecule has 0 atom stereocenters. The third-order valence-corrected chi connectivity index (χ3v) is 5.46. The summed E-state index contributed by atoms with van der Waals surface area (Å²) in [4.78, 5) is 0. The maximum absolute atomic E-state index is 10.7. The van der Waals surface area contributed by atoms with E-state index in [1.165, 1.54) is 23.8 Å². The highest BCUT2D eigenvalue weighted by Crippen LogP contribution is 2.47. The van der Waals surface area contributed by atoms with Crippen LogP contribution in [0, 0.1) is 0 Å². The van der Waals surface area contributed by atoms with Crippen LogP contribution in [0.1, 0.15) is 31.2 Å². The lowest BCUT2D eigenvalue weighted by Gasteiger charge is -2.15. The first-order chi connectivity index (χ1) is 11.2. The zero-order valence-corrected chi connectivity index (χ0v) is 15.1. The van der Waals surface area contributed by atoms with Gasteiger partial charge in [0.05, 0.1) is 5.69 Å². The Morgan fingerprint density at radius 3 is 2.70 bits per heavy atom. The van der Waals surface area contributed by atoms with Crippen molar-refractivity contribution in [2.24, 2.45) is 0 Å². The van der Waals surface area contributed by atoms with Gasteiger partial charge < -0.3 is 5.11 Å². The molecule has 4 nitrogen and oxygen atoms in total. The molecule has 1 heterocycles. The minimum Gasteiger partial charge on any atom is -0.506 e. The van der Waals surface area contributed by atoms with Crippen LogP contribution in [-0.4, -0.2) is 25.6 Å². The molecule has 23 heavy (non-hydrogen) atoms. The van der Waals surface area contributed by atoms with Crippen LogP contribution in [0.3, 0.4) is 0 Å². The molecule has 1 aliphatic rings. The van der Waals surface area contributed by atoms with Gasteiger partial charge in [0, 0.05) is 5.39 Å². The van der Waals surface area contributed by atoms with Crippen molar-refractivity contribution in [1.29, 1.82) is 0 Å². The average molecular weight is 390 g/mol. The summed E-state index contributed by atoms with van der Waals surface area (Å²) in [6.07, 6.45) is 2.41. The Labute approximate surface area is 147 Å². The predicted molar refractivity (Wildman–Crippen MR) is 96.6 cm³/mol. The number of benzene rings is 2. The molecule has 1 N–H and O–H groups in total. The fourth-order valence-corrected chi connectivity index (χ4v) is 4.21. The normalized spacial score (nSPS) is 14.5. The number of fused-ring (bicyclic) bond motifs is 1. The van der Waals surface area contributed by atoms with Gasteiger partial charge in [0.1, 0.15) is 5.75 Å². The second-order valence-corrected chi connectivity index (χ2v) is 7.61. The third kappa shape index (κ3) is 2.54. The number of hydrogen-bond acceptors (Lipinski definition) is 4. The molecule has 0 amide bonds. The SMILES string of the molecule is CCSc1nnc(Br)n1-c1c(O)cc(C2CC2)c2ccccc12. The van der Waals surface area contributed by atoms with Crippen molar-refractivity contribution in [1.82, 2.24) is 14.8 Å². The highest BCUT2D eigenvalue weighted by molar-refractivity contribution is 9.10. The number of phenolic OH excluding ortho intramolecular Hbond substituents is 1. The van der Waals surface area contributed by atoms with Crippen LogP contribution < -0.4 is 0 Å². The number of rotatable bonds is 4. The number of aromatic hydroxyl groups is 1. The van der Waals surface area contributed by atoms with E-state index in [0.717, 1.165) is 22.0 Å². The molecule has 1 aromatic heterocycles. The first kappa shape index (κ1) is 15.0. The largest absolute Gasteiger partial charge is 0.506 e. The molecule has 6 heteroatoms. The van der Waals surface area contributed by atoms with E-state index in [-0.39, 0.29) is 5.75 Å². The fourth-order valence-electron chi connectivity index (χ4n) is 3.00. The fraction of sp³-hybridized carbons (Fsp3) is 0.294. The zero-order chi connectivity index (χ0) is 16.0. The minimum absolute atomic E-state index is 0.282. The van der Waals surface area contributed by atoms with Gasteiger partial charge in [-0.15, -0.1) is 10.2 Å². The molecule has 0 unspecified atom stereocenters. The second kappa shape index (κ2) is 5.83. The summed E-state index contributed by atoms with van der Waals surface area (Å²) in [5.41, 5.74) is 1.99. The zero-order valence-electron chi connectivity index (χ0n) is 12.7. The van der Waals surface area contributed by atoms with Gasteiger partial charge in [-0.05, 0) is 57.5 Å². The van der Waals surface area contributed by atoms with E-state index in [1.54, 1.807) is 11.8 Å². The maximum Gasteiger partial charge on any atom is 0.205 e. The first-order valence-corrected chi connectivity index (χ1v) is 9.47. The number of phenols is 1. The first-order valence-electron chi connectivity index (χ1n) is 7.69. The Morgan fingerprint density at radius 2 is 2.00 bits per heavy atom. The summed E-state index contributed by atoms with van der Waals surface area (Å²) in [6, 6.07) is 10.2. The number of thioether (sulfide) groups is 1. The molecule has 0 aliphatic heterocycles. The van der Waals surface area contributed by atoms with Crippen molar-refractivity contribution in [3.05, 3.63) is 40.6 Å². The Kier molecular flexibility index (Phi) is 3.81. The molecule has 0 saturated heterocycles. The van der Waals surface area contributed by atoms with E-state index in [1.807, 2.05) is 16.7 Å². The monoisotopic (exact) mass is 389 g/mol. The minimum atomic E-state index is 0.282. The van der Waals surface area contributed by atoms with E-state index < -0.39 is 0 Å². The Bertz CT molecular complexity index is 889. The van der Waals surface area contributed by atoms with Crippen molar-refractivity contribution in [3.8, 4) is 11.4 Å². The van der Waals surface area contributed by atoms with Crippen LogP contribution in [0.5, 0.6) is 5.75 Å². The average Bonchev–Trinajstić information content (AvgIpc) is 3.33. The standard InChI is InChI=1S/C17H16BrN3OS/c1-2-23-17-20-19-16(18)21(17)15-12-6-4-3-5-11(12)13(9-14(15)22)10-7-8-10/h3-6,9-10,22H,2,7-8H2,1H3. The lowest BCUT2D eigenvalue weighted by atomic mass is 9.99. The van der Waals surface area contributed by atoms with E-state index in [4.69, 9.17) is 0 Å². The molecule has 0 spiro atoms. The molecule has 1 fully saturated rings. The molecule has 0 radical (unpaired) electrons. The van der Waals surface area contributed by atoms with E-state index in [2.05, 4.69) is 51.3 Å². The van der Waals surface area contributed by atoms with Gasteiger partial charge in [-0.3, -0.25) is 4.57 Å². The third-order valence-electron chi connectivity index (χ3n) is 4.14. The van der Waals surface area contributed by atoms with Crippen LogP contribution in [-0.2, 0) is 0 Å². The summed E-state index contributed by atoms with van der Waals surface area (Å²) >= 11 is 5.07. The molecule has 0 bridgehead atoms. The molecular formula is C17H16BrN3OS. The van der Waals surface area contributed by atoms with Gasteiger partial charge in [0.2, 0.25) is 4.73 Å². The van der Waals surface area contributed by atoms with E-state index >= 15 is 0 Å².